The molecule has 0 spiro atoms. The quantitative estimate of drug-likeness (QED) is 0.416. The molecule has 0 bridgehead atoms. The Bertz CT molecular complexity index is 871. The zero-order valence-corrected chi connectivity index (χ0v) is 16.4. The number of imidazole rings is 1. The molecule has 0 atom stereocenters. The van der Waals surface area contributed by atoms with Gasteiger partial charge in [-0.25, -0.2) is 9.98 Å². The zero-order valence-electron chi connectivity index (χ0n) is 16.4. The molecule has 3 aromatic rings. The normalized spacial score (nSPS) is 11.3. The molecule has 1 heterocycles. The van der Waals surface area contributed by atoms with Gasteiger partial charge in [-0.15, -0.1) is 0 Å². The molecule has 0 saturated heterocycles. The number of guanidine groups is 1. The maximum Gasteiger partial charge on any atom is 0.191 e. The topological polar surface area (TPSA) is 74.3 Å². The fourth-order valence-electron chi connectivity index (χ4n) is 2.82. The van der Waals surface area contributed by atoms with Gasteiger partial charge in [-0.05, 0) is 36.6 Å². The lowest BCUT2D eigenvalue weighted by atomic mass is 10.1. The van der Waals surface area contributed by atoms with Gasteiger partial charge >= 0.3 is 0 Å². The molecule has 0 amide bonds. The first-order valence-corrected chi connectivity index (χ1v) is 9.53. The van der Waals surface area contributed by atoms with Gasteiger partial charge in [-0.3, -0.25) is 0 Å². The van der Waals surface area contributed by atoms with Crippen LogP contribution in [0.25, 0.3) is 11.3 Å². The molecule has 3 rings (SSSR count). The van der Waals surface area contributed by atoms with E-state index >= 15 is 0 Å². The third-order valence-corrected chi connectivity index (χ3v) is 4.31. The molecule has 0 aliphatic rings. The summed E-state index contributed by atoms with van der Waals surface area (Å²) in [5.74, 6) is 2.50. The lowest BCUT2D eigenvalue weighted by Gasteiger charge is -2.11. The number of ether oxygens (including phenoxy) is 1. The molecule has 1 aromatic heterocycles. The first-order valence-electron chi connectivity index (χ1n) is 9.53. The summed E-state index contributed by atoms with van der Waals surface area (Å²) < 4.78 is 5.19. The first kappa shape index (κ1) is 19.5. The molecule has 28 heavy (non-hydrogen) atoms. The summed E-state index contributed by atoms with van der Waals surface area (Å²) in [5.41, 5.74) is 3.38. The highest BCUT2D eigenvalue weighted by molar-refractivity contribution is 5.79. The van der Waals surface area contributed by atoms with E-state index in [-0.39, 0.29) is 0 Å². The Hall–Kier alpha value is -3.28. The van der Waals surface area contributed by atoms with Crippen molar-refractivity contribution in [2.45, 2.75) is 19.9 Å². The van der Waals surface area contributed by atoms with Crippen LogP contribution in [-0.2, 0) is 13.0 Å². The smallest absolute Gasteiger partial charge is 0.191 e. The van der Waals surface area contributed by atoms with Crippen LogP contribution < -0.4 is 15.4 Å². The van der Waals surface area contributed by atoms with Crippen molar-refractivity contribution in [2.24, 2.45) is 4.99 Å². The predicted molar refractivity (Wildman–Crippen MR) is 114 cm³/mol. The number of hydrogen-bond donors (Lipinski definition) is 3. The molecule has 146 valence electrons. The van der Waals surface area contributed by atoms with Gasteiger partial charge in [-0.2, -0.15) is 0 Å². The van der Waals surface area contributed by atoms with Gasteiger partial charge < -0.3 is 20.4 Å². The maximum atomic E-state index is 5.19. The minimum Gasteiger partial charge on any atom is -0.497 e. The van der Waals surface area contributed by atoms with E-state index in [0.29, 0.717) is 6.54 Å². The number of rotatable bonds is 8. The monoisotopic (exact) mass is 377 g/mol. The summed E-state index contributed by atoms with van der Waals surface area (Å²) in [6.07, 6.45) is 2.76. The molecule has 2 aromatic carbocycles. The molecule has 0 aliphatic heterocycles. The average Bonchev–Trinajstić information content (AvgIpc) is 3.22. The standard InChI is InChI=1S/C22H27N5O/c1-3-23-22(24-14-13-17-9-11-19(28-2)12-10-17)26-16-21-25-15-20(27-21)18-7-5-4-6-8-18/h4-12,15H,3,13-14,16H2,1-2H3,(H,25,27)(H2,23,24,26). The minimum atomic E-state index is 0.491. The molecule has 0 aliphatic carbocycles. The second-order valence-corrected chi connectivity index (χ2v) is 6.33. The van der Waals surface area contributed by atoms with Crippen molar-refractivity contribution >= 4 is 5.96 Å². The van der Waals surface area contributed by atoms with Crippen molar-refractivity contribution in [1.29, 1.82) is 0 Å². The van der Waals surface area contributed by atoms with Gasteiger partial charge in [0.05, 0.1) is 19.0 Å². The highest BCUT2D eigenvalue weighted by atomic mass is 16.5. The Kier molecular flexibility index (Phi) is 7.07. The average molecular weight is 377 g/mol. The van der Waals surface area contributed by atoms with Gasteiger partial charge in [0.1, 0.15) is 18.1 Å². The number of aromatic amines is 1. The number of nitrogens with zero attached hydrogens (tertiary/aromatic N) is 2. The van der Waals surface area contributed by atoms with Crippen molar-refractivity contribution in [3.8, 4) is 17.0 Å². The van der Waals surface area contributed by atoms with Crippen molar-refractivity contribution in [3.05, 3.63) is 72.2 Å². The van der Waals surface area contributed by atoms with Crippen LogP contribution in [0.1, 0.15) is 18.3 Å². The van der Waals surface area contributed by atoms with Crippen molar-refractivity contribution in [2.75, 3.05) is 20.2 Å². The summed E-state index contributed by atoms with van der Waals surface area (Å²) in [6.45, 7) is 4.15. The number of nitrogens with one attached hydrogen (secondary N) is 3. The minimum absolute atomic E-state index is 0.491. The summed E-state index contributed by atoms with van der Waals surface area (Å²) >= 11 is 0. The Balaban J connectivity index is 1.54. The van der Waals surface area contributed by atoms with Gasteiger partial charge in [0.15, 0.2) is 5.96 Å². The molecular formula is C22H27N5O. The van der Waals surface area contributed by atoms with E-state index in [2.05, 4.69) is 56.8 Å². The molecule has 0 radical (unpaired) electrons. The van der Waals surface area contributed by atoms with Crippen LogP contribution in [-0.4, -0.2) is 36.1 Å². The Labute approximate surface area is 166 Å². The van der Waals surface area contributed by atoms with E-state index in [1.54, 1.807) is 7.11 Å². The molecular weight excluding hydrogens is 350 g/mol. The highest BCUT2D eigenvalue weighted by Crippen LogP contribution is 2.16. The molecule has 6 heteroatoms. The van der Waals surface area contributed by atoms with Crippen molar-refractivity contribution < 1.29 is 4.74 Å². The molecule has 6 nitrogen and oxygen atoms in total. The van der Waals surface area contributed by atoms with E-state index in [1.807, 2.05) is 36.5 Å². The Morgan fingerprint density at radius 2 is 1.86 bits per heavy atom. The van der Waals surface area contributed by atoms with Gasteiger partial charge in [0.2, 0.25) is 0 Å². The number of H-pyrrole nitrogens is 1. The number of aliphatic imine (C=N–C) groups is 1. The van der Waals surface area contributed by atoms with Crippen LogP contribution in [0, 0.1) is 0 Å². The second-order valence-electron chi connectivity index (χ2n) is 6.33. The third-order valence-electron chi connectivity index (χ3n) is 4.31. The van der Waals surface area contributed by atoms with E-state index in [9.17, 15) is 0 Å². The number of methoxy groups -OCH3 is 1. The second kappa shape index (κ2) is 10.2. The van der Waals surface area contributed by atoms with Gasteiger partial charge in [0, 0.05) is 13.1 Å². The summed E-state index contributed by atoms with van der Waals surface area (Å²) in [5, 5.41) is 6.65. The fourth-order valence-corrected chi connectivity index (χ4v) is 2.82. The maximum absolute atomic E-state index is 5.19. The zero-order chi connectivity index (χ0) is 19.6. The van der Waals surface area contributed by atoms with E-state index < -0.39 is 0 Å². The SMILES string of the molecule is CCNC(=NCc1ncc(-c2ccccc2)[nH]1)NCCc1ccc(OC)cc1. The van der Waals surface area contributed by atoms with Crippen LogP contribution in [0.3, 0.4) is 0 Å². The number of aromatic nitrogens is 2. The summed E-state index contributed by atoms with van der Waals surface area (Å²) in [6, 6.07) is 18.3. The summed E-state index contributed by atoms with van der Waals surface area (Å²) in [4.78, 5) is 12.4. The third kappa shape index (κ3) is 5.61. The molecule has 3 N–H and O–H groups in total. The Morgan fingerprint density at radius 1 is 1.07 bits per heavy atom. The van der Waals surface area contributed by atoms with E-state index in [0.717, 1.165) is 48.3 Å². The fraction of sp³-hybridized carbons (Fsp3) is 0.273. The molecule has 0 saturated carbocycles. The van der Waals surface area contributed by atoms with E-state index in [1.165, 1.54) is 5.56 Å². The lowest BCUT2D eigenvalue weighted by Crippen LogP contribution is -2.38. The number of hydrogen-bond acceptors (Lipinski definition) is 3. The summed E-state index contributed by atoms with van der Waals surface area (Å²) in [7, 11) is 1.68. The first-order chi connectivity index (χ1) is 13.8. The van der Waals surface area contributed by atoms with E-state index in [4.69, 9.17) is 4.74 Å². The molecule has 0 unspecified atom stereocenters. The molecule has 0 fully saturated rings. The van der Waals surface area contributed by atoms with Crippen LogP contribution in [0.15, 0.2) is 65.8 Å². The van der Waals surface area contributed by atoms with Crippen LogP contribution in [0.5, 0.6) is 5.75 Å². The predicted octanol–water partition coefficient (Wildman–Crippen LogP) is 3.38. The lowest BCUT2D eigenvalue weighted by molar-refractivity contribution is 0.414. The Morgan fingerprint density at radius 3 is 2.57 bits per heavy atom. The highest BCUT2D eigenvalue weighted by Gasteiger charge is 2.04. The van der Waals surface area contributed by atoms with Crippen molar-refractivity contribution in [1.82, 2.24) is 20.6 Å². The van der Waals surface area contributed by atoms with Crippen LogP contribution in [0.2, 0.25) is 0 Å². The van der Waals surface area contributed by atoms with Gasteiger partial charge in [-0.1, -0.05) is 42.5 Å². The van der Waals surface area contributed by atoms with Crippen LogP contribution >= 0.6 is 0 Å². The largest absolute Gasteiger partial charge is 0.497 e. The van der Waals surface area contributed by atoms with Crippen molar-refractivity contribution in [3.63, 3.8) is 0 Å². The van der Waals surface area contributed by atoms with Crippen LogP contribution in [0.4, 0.5) is 0 Å². The van der Waals surface area contributed by atoms with Gasteiger partial charge in [0.25, 0.3) is 0 Å². The number of benzene rings is 2.